The molecule has 182 valence electrons. The van der Waals surface area contributed by atoms with Gasteiger partial charge in [0.1, 0.15) is 22.3 Å². The minimum absolute atomic E-state index is 0.121. The molecule has 0 saturated carbocycles. The van der Waals surface area contributed by atoms with E-state index in [9.17, 15) is 0 Å². The van der Waals surface area contributed by atoms with Gasteiger partial charge in [-0.05, 0) is 92.4 Å². The van der Waals surface area contributed by atoms with Gasteiger partial charge in [0.25, 0.3) is 0 Å². The van der Waals surface area contributed by atoms with Gasteiger partial charge in [-0.3, -0.25) is 0 Å². The fourth-order valence-corrected chi connectivity index (χ4v) is 7.56. The maximum atomic E-state index is 6.43. The summed E-state index contributed by atoms with van der Waals surface area (Å²) in [5.74, 6) is 0. The summed E-state index contributed by atoms with van der Waals surface area (Å²) in [7, 11) is 0. The molecule has 39 heavy (non-hydrogen) atoms. The maximum Gasteiger partial charge on any atom is 0.136 e. The number of hydrogen-bond donors (Lipinski definition) is 0. The molecule has 0 bridgehead atoms. The van der Waals surface area contributed by atoms with E-state index in [1.165, 1.54) is 66.1 Å². The van der Waals surface area contributed by atoms with Crippen molar-refractivity contribution in [3.05, 3.63) is 108 Å². The Hall–Kier alpha value is -4.82. The van der Waals surface area contributed by atoms with Gasteiger partial charge in [-0.1, -0.05) is 68.4 Å². The summed E-state index contributed by atoms with van der Waals surface area (Å²) >= 11 is 0. The molecule has 2 nitrogen and oxygen atoms in total. The van der Waals surface area contributed by atoms with Gasteiger partial charge >= 0.3 is 0 Å². The molecule has 0 unspecified atom stereocenters. The molecule has 2 heteroatoms. The van der Waals surface area contributed by atoms with Crippen LogP contribution in [0.4, 0.5) is 0 Å². The molecule has 2 aromatic heterocycles. The molecule has 0 aliphatic heterocycles. The lowest BCUT2D eigenvalue weighted by atomic mass is 9.80. The zero-order chi connectivity index (χ0) is 25.6. The summed E-state index contributed by atoms with van der Waals surface area (Å²) < 4.78 is 12.7. The summed E-state index contributed by atoms with van der Waals surface area (Å²) in [6.07, 6.45) is 0. The quantitative estimate of drug-likeness (QED) is 0.225. The van der Waals surface area contributed by atoms with Gasteiger partial charge < -0.3 is 8.83 Å². The van der Waals surface area contributed by atoms with E-state index in [1.54, 1.807) is 0 Å². The van der Waals surface area contributed by atoms with E-state index in [2.05, 4.69) is 98.8 Å². The molecule has 2 aliphatic carbocycles. The summed E-state index contributed by atoms with van der Waals surface area (Å²) in [5, 5.41) is 7.40. The van der Waals surface area contributed by atoms with Crippen molar-refractivity contribution < 1.29 is 8.83 Å². The fourth-order valence-electron chi connectivity index (χ4n) is 7.56. The van der Waals surface area contributed by atoms with E-state index >= 15 is 0 Å². The van der Waals surface area contributed by atoms with Gasteiger partial charge in [0.15, 0.2) is 0 Å². The predicted molar refractivity (Wildman–Crippen MR) is 160 cm³/mol. The lowest BCUT2D eigenvalue weighted by Gasteiger charge is -2.23. The number of benzene rings is 6. The second kappa shape index (κ2) is 6.42. The largest absolute Gasteiger partial charge is 0.456 e. The molecule has 6 aromatic carbocycles. The van der Waals surface area contributed by atoms with Gasteiger partial charge in [0.2, 0.25) is 0 Å². The Morgan fingerprint density at radius 1 is 0.487 bits per heavy atom. The molecular formula is C37H22O2. The SMILES string of the molecule is CC1(C)c2cc(-c3ccc4c(c3)oc3ccccc34)cc3c2-c2c1ccc1ccc4oc5cccc-3c5c4c21. The molecule has 0 N–H and O–H groups in total. The monoisotopic (exact) mass is 498 g/mol. The molecule has 0 fully saturated rings. The van der Waals surface area contributed by atoms with Crippen molar-refractivity contribution in [1.29, 1.82) is 0 Å². The normalized spacial score (nSPS) is 14.6. The van der Waals surface area contributed by atoms with E-state index in [0.717, 1.165) is 33.1 Å². The first-order chi connectivity index (χ1) is 19.1. The zero-order valence-electron chi connectivity index (χ0n) is 21.6. The molecule has 2 aliphatic rings. The Balaban J connectivity index is 1.36. The van der Waals surface area contributed by atoms with Crippen molar-refractivity contribution in [3.8, 4) is 33.4 Å². The number of para-hydroxylation sites is 1. The molecule has 0 saturated heterocycles. The average Bonchev–Trinajstić information content (AvgIpc) is 3.57. The zero-order valence-corrected chi connectivity index (χ0v) is 21.6. The van der Waals surface area contributed by atoms with Crippen LogP contribution in [0.2, 0.25) is 0 Å². The first kappa shape index (κ1) is 20.2. The van der Waals surface area contributed by atoms with E-state index in [1.807, 2.05) is 12.1 Å². The number of hydrogen-bond acceptors (Lipinski definition) is 2. The predicted octanol–water partition coefficient (Wildman–Crippen LogP) is 10.6. The van der Waals surface area contributed by atoms with Crippen molar-refractivity contribution in [3.63, 3.8) is 0 Å². The summed E-state index contributed by atoms with van der Waals surface area (Å²) in [4.78, 5) is 0. The van der Waals surface area contributed by atoms with Crippen LogP contribution in [0.3, 0.4) is 0 Å². The molecular weight excluding hydrogens is 476 g/mol. The van der Waals surface area contributed by atoms with Crippen LogP contribution in [-0.2, 0) is 5.41 Å². The number of furan rings is 2. The average molecular weight is 499 g/mol. The summed E-state index contributed by atoms with van der Waals surface area (Å²) in [5.41, 5.74) is 14.1. The Labute approximate surface area is 224 Å². The van der Waals surface area contributed by atoms with Gasteiger partial charge in [0, 0.05) is 32.3 Å². The third-order valence-electron chi connectivity index (χ3n) is 9.38. The maximum absolute atomic E-state index is 6.43. The molecule has 0 spiro atoms. The topological polar surface area (TPSA) is 26.3 Å². The number of rotatable bonds is 1. The summed E-state index contributed by atoms with van der Waals surface area (Å²) in [6, 6.07) is 35.3. The Morgan fingerprint density at radius 3 is 2.23 bits per heavy atom. The summed E-state index contributed by atoms with van der Waals surface area (Å²) in [6.45, 7) is 4.75. The van der Waals surface area contributed by atoms with Crippen molar-refractivity contribution in [1.82, 2.24) is 0 Å². The lowest BCUT2D eigenvalue weighted by molar-refractivity contribution is 0.661. The van der Waals surface area contributed by atoms with Crippen molar-refractivity contribution in [2.24, 2.45) is 0 Å². The second-order valence-corrected chi connectivity index (χ2v) is 11.7. The first-order valence-electron chi connectivity index (χ1n) is 13.6. The van der Waals surface area contributed by atoms with Crippen LogP contribution < -0.4 is 0 Å². The second-order valence-electron chi connectivity index (χ2n) is 11.7. The van der Waals surface area contributed by atoms with E-state index in [0.29, 0.717) is 0 Å². The Bertz CT molecular complexity index is 2410. The van der Waals surface area contributed by atoms with E-state index < -0.39 is 0 Å². The standard InChI is InChI=1S/C37H22O2/c1-37(2)26-14-11-19-12-15-30-36-32(19)35(26)33-25(24-7-5-9-29(39-30)34(24)36)16-21(17-27(33)37)20-10-13-23-22-6-3-4-8-28(22)38-31(23)18-20/h3-18H,1-2H3. The lowest BCUT2D eigenvalue weighted by Crippen LogP contribution is -2.15. The van der Waals surface area contributed by atoms with Crippen LogP contribution >= 0.6 is 0 Å². The van der Waals surface area contributed by atoms with Gasteiger partial charge in [-0.2, -0.15) is 0 Å². The van der Waals surface area contributed by atoms with Gasteiger partial charge in [-0.15, -0.1) is 0 Å². The van der Waals surface area contributed by atoms with E-state index in [4.69, 9.17) is 8.83 Å². The van der Waals surface area contributed by atoms with E-state index in [-0.39, 0.29) is 5.41 Å². The van der Waals surface area contributed by atoms with Crippen LogP contribution in [0.15, 0.2) is 106 Å². The third-order valence-corrected chi connectivity index (χ3v) is 9.38. The highest BCUT2D eigenvalue weighted by atomic mass is 16.3. The minimum atomic E-state index is -0.121. The van der Waals surface area contributed by atoms with Gasteiger partial charge in [-0.25, -0.2) is 0 Å². The van der Waals surface area contributed by atoms with Crippen LogP contribution in [0, 0.1) is 0 Å². The molecule has 0 atom stereocenters. The number of fused-ring (bicyclic) bond motifs is 4. The van der Waals surface area contributed by atoms with Crippen molar-refractivity contribution >= 4 is 54.6 Å². The molecule has 8 aromatic rings. The van der Waals surface area contributed by atoms with Gasteiger partial charge in [0.05, 0.1) is 0 Å². The molecule has 0 radical (unpaired) electrons. The highest BCUT2D eigenvalue weighted by Crippen LogP contribution is 2.59. The minimum Gasteiger partial charge on any atom is -0.456 e. The first-order valence-corrected chi connectivity index (χ1v) is 13.6. The Kier molecular flexibility index (Phi) is 3.32. The third kappa shape index (κ3) is 2.27. The fraction of sp³-hybridized carbons (Fsp3) is 0.0811. The smallest absolute Gasteiger partial charge is 0.136 e. The molecule has 2 heterocycles. The van der Waals surface area contributed by atoms with Crippen molar-refractivity contribution in [2.75, 3.05) is 0 Å². The molecule has 0 amide bonds. The van der Waals surface area contributed by atoms with Crippen LogP contribution in [-0.4, -0.2) is 0 Å². The highest BCUT2D eigenvalue weighted by molar-refractivity contribution is 6.30. The van der Waals surface area contributed by atoms with Crippen molar-refractivity contribution in [2.45, 2.75) is 19.3 Å². The molecule has 10 rings (SSSR count). The van der Waals surface area contributed by atoms with Crippen LogP contribution in [0.5, 0.6) is 0 Å². The highest BCUT2D eigenvalue weighted by Gasteiger charge is 2.40. The van der Waals surface area contributed by atoms with Crippen LogP contribution in [0.25, 0.3) is 88.0 Å². The van der Waals surface area contributed by atoms with Crippen LogP contribution in [0.1, 0.15) is 25.0 Å². The Morgan fingerprint density at radius 2 is 1.28 bits per heavy atom.